The Hall–Kier alpha value is -3.35. The highest BCUT2D eigenvalue weighted by atomic mass is 16.5. The van der Waals surface area contributed by atoms with Crippen LogP contribution in [0.2, 0.25) is 0 Å². The van der Waals surface area contributed by atoms with Crippen LogP contribution in [-0.4, -0.2) is 53.7 Å². The fourth-order valence-corrected chi connectivity index (χ4v) is 4.36. The Balaban J connectivity index is 1.62. The topological polar surface area (TPSA) is 95.9 Å². The van der Waals surface area contributed by atoms with E-state index in [0.29, 0.717) is 13.0 Å². The smallest absolute Gasteiger partial charge is 0.407 e. The van der Waals surface area contributed by atoms with Crippen LogP contribution >= 0.6 is 0 Å². The second kappa shape index (κ2) is 11.5. The Labute approximate surface area is 194 Å². The molecule has 1 aliphatic carbocycles. The van der Waals surface area contributed by atoms with Crippen molar-refractivity contribution in [3.8, 4) is 11.1 Å². The van der Waals surface area contributed by atoms with E-state index < -0.39 is 18.1 Å². The molecule has 2 aromatic carbocycles. The highest BCUT2D eigenvalue weighted by Gasteiger charge is 2.29. The Morgan fingerprint density at radius 2 is 1.64 bits per heavy atom. The van der Waals surface area contributed by atoms with Crippen LogP contribution in [-0.2, 0) is 14.3 Å². The molecule has 2 aromatic rings. The molecule has 0 aliphatic heterocycles. The summed E-state index contributed by atoms with van der Waals surface area (Å²) < 4.78 is 5.61. The summed E-state index contributed by atoms with van der Waals surface area (Å²) in [6, 6.07) is 15.9. The summed E-state index contributed by atoms with van der Waals surface area (Å²) in [6.45, 7) is 3.93. The van der Waals surface area contributed by atoms with E-state index in [0.717, 1.165) is 35.1 Å². The number of carboxylic acid groups (broad SMARTS) is 1. The number of rotatable bonds is 11. The van der Waals surface area contributed by atoms with E-state index in [1.807, 2.05) is 31.2 Å². The number of nitrogens with one attached hydrogen (secondary N) is 1. The van der Waals surface area contributed by atoms with E-state index in [1.54, 1.807) is 6.92 Å². The number of unbranched alkanes of at least 4 members (excludes halogenated alkanes) is 1. The van der Waals surface area contributed by atoms with Crippen LogP contribution in [0, 0.1) is 0 Å². The number of fused-ring (bicyclic) bond motifs is 3. The molecule has 0 saturated carbocycles. The standard InChI is InChI=1S/C26H32N2O5/c1-3-5-10-18(15-24(29)28(4-2)16-25(30)31)27-26(32)33-17-23-21-13-8-6-11-19(21)20-12-7-9-14-22(20)23/h6-9,11-14,18,23H,3-5,10,15-17H2,1-2H3,(H,27,32)(H,30,31)/t18-/m0/s1. The van der Waals surface area contributed by atoms with Crippen molar-refractivity contribution in [2.45, 2.75) is 51.5 Å². The number of hydrogen-bond donors (Lipinski definition) is 2. The second-order valence-corrected chi connectivity index (χ2v) is 8.31. The van der Waals surface area contributed by atoms with Gasteiger partial charge in [-0.2, -0.15) is 0 Å². The van der Waals surface area contributed by atoms with Gasteiger partial charge in [-0.3, -0.25) is 9.59 Å². The average Bonchev–Trinajstić information content (AvgIpc) is 3.13. The number of hydrogen-bond acceptors (Lipinski definition) is 4. The molecule has 0 bridgehead atoms. The molecule has 0 fully saturated rings. The number of ether oxygens (including phenoxy) is 1. The van der Waals surface area contributed by atoms with Gasteiger partial charge in [0.15, 0.2) is 0 Å². The molecule has 0 spiro atoms. The van der Waals surface area contributed by atoms with Gasteiger partial charge in [-0.1, -0.05) is 68.3 Å². The molecule has 0 saturated heterocycles. The average molecular weight is 453 g/mol. The van der Waals surface area contributed by atoms with Crippen molar-refractivity contribution in [2.75, 3.05) is 19.7 Å². The Morgan fingerprint density at radius 1 is 1.03 bits per heavy atom. The maximum atomic E-state index is 12.6. The zero-order valence-corrected chi connectivity index (χ0v) is 19.3. The summed E-state index contributed by atoms with van der Waals surface area (Å²) in [6.07, 6.45) is 1.87. The Kier molecular flexibility index (Phi) is 8.46. The van der Waals surface area contributed by atoms with Gasteiger partial charge in [-0.25, -0.2) is 4.79 Å². The van der Waals surface area contributed by atoms with Crippen LogP contribution in [0.3, 0.4) is 0 Å². The lowest BCUT2D eigenvalue weighted by molar-refractivity contribution is -0.144. The van der Waals surface area contributed by atoms with Crippen LogP contribution in [0.4, 0.5) is 4.79 Å². The van der Waals surface area contributed by atoms with E-state index >= 15 is 0 Å². The third kappa shape index (κ3) is 6.12. The molecule has 33 heavy (non-hydrogen) atoms. The third-order valence-electron chi connectivity index (χ3n) is 6.05. The van der Waals surface area contributed by atoms with Crippen LogP contribution in [0.5, 0.6) is 0 Å². The lowest BCUT2D eigenvalue weighted by Crippen LogP contribution is -2.42. The van der Waals surface area contributed by atoms with Crippen molar-refractivity contribution in [3.63, 3.8) is 0 Å². The van der Waals surface area contributed by atoms with Crippen molar-refractivity contribution < 1.29 is 24.2 Å². The molecule has 2 amide bonds. The highest BCUT2D eigenvalue weighted by molar-refractivity contribution is 5.82. The monoisotopic (exact) mass is 452 g/mol. The summed E-state index contributed by atoms with van der Waals surface area (Å²) in [5, 5.41) is 11.8. The molecule has 7 heteroatoms. The van der Waals surface area contributed by atoms with Crippen molar-refractivity contribution >= 4 is 18.0 Å². The van der Waals surface area contributed by atoms with Crippen molar-refractivity contribution in [1.29, 1.82) is 0 Å². The van der Waals surface area contributed by atoms with Gasteiger partial charge in [0.2, 0.25) is 5.91 Å². The summed E-state index contributed by atoms with van der Waals surface area (Å²) >= 11 is 0. The van der Waals surface area contributed by atoms with E-state index in [1.165, 1.54) is 4.90 Å². The number of carbonyl (C=O) groups is 3. The normalized spacial score (nSPS) is 13.0. The first-order chi connectivity index (χ1) is 15.9. The number of carbonyl (C=O) groups excluding carboxylic acids is 2. The highest BCUT2D eigenvalue weighted by Crippen LogP contribution is 2.44. The second-order valence-electron chi connectivity index (χ2n) is 8.31. The first-order valence-electron chi connectivity index (χ1n) is 11.6. The number of amides is 2. The largest absolute Gasteiger partial charge is 0.480 e. The summed E-state index contributed by atoms with van der Waals surface area (Å²) in [5.74, 6) is -1.38. The molecule has 1 aliphatic rings. The number of likely N-dealkylation sites (N-methyl/N-ethyl adjacent to an activating group) is 1. The molecule has 2 N–H and O–H groups in total. The molecular formula is C26H32N2O5. The number of aliphatic carboxylic acids is 1. The fourth-order valence-electron chi connectivity index (χ4n) is 4.36. The van der Waals surface area contributed by atoms with Crippen molar-refractivity contribution in [3.05, 3.63) is 59.7 Å². The zero-order chi connectivity index (χ0) is 23.8. The van der Waals surface area contributed by atoms with Crippen LogP contribution in [0.1, 0.15) is 56.6 Å². The van der Waals surface area contributed by atoms with Crippen LogP contribution in [0.25, 0.3) is 11.1 Å². The number of alkyl carbamates (subject to hydrolysis) is 1. The number of carboxylic acids is 1. The minimum Gasteiger partial charge on any atom is -0.480 e. The molecule has 0 unspecified atom stereocenters. The number of benzene rings is 2. The van der Waals surface area contributed by atoms with Gasteiger partial charge >= 0.3 is 12.1 Å². The van der Waals surface area contributed by atoms with E-state index in [9.17, 15) is 14.4 Å². The first kappa shape index (κ1) is 24.3. The SMILES string of the molecule is CCCC[C@@H](CC(=O)N(CC)CC(=O)O)NC(=O)OCC1c2ccccc2-c2ccccc21. The summed E-state index contributed by atoms with van der Waals surface area (Å²) in [5.41, 5.74) is 4.59. The molecule has 176 valence electrons. The van der Waals surface area contributed by atoms with E-state index in [4.69, 9.17) is 9.84 Å². The predicted molar refractivity (Wildman–Crippen MR) is 126 cm³/mol. The molecule has 1 atom stereocenters. The first-order valence-corrected chi connectivity index (χ1v) is 11.6. The van der Waals surface area contributed by atoms with Gasteiger partial charge in [0, 0.05) is 24.9 Å². The fraction of sp³-hybridized carbons (Fsp3) is 0.423. The molecule has 0 aromatic heterocycles. The van der Waals surface area contributed by atoms with Gasteiger partial charge < -0.3 is 20.1 Å². The minimum absolute atomic E-state index is 0.0370. The predicted octanol–water partition coefficient (Wildman–Crippen LogP) is 4.41. The van der Waals surface area contributed by atoms with E-state index in [-0.39, 0.29) is 31.4 Å². The van der Waals surface area contributed by atoms with E-state index in [2.05, 4.69) is 29.6 Å². The zero-order valence-electron chi connectivity index (χ0n) is 19.3. The molecule has 3 rings (SSSR count). The van der Waals surface area contributed by atoms with Gasteiger partial charge in [0.05, 0.1) is 0 Å². The van der Waals surface area contributed by atoms with Gasteiger partial charge in [-0.15, -0.1) is 0 Å². The molecular weight excluding hydrogens is 420 g/mol. The van der Waals surface area contributed by atoms with Crippen molar-refractivity contribution in [2.24, 2.45) is 0 Å². The maximum absolute atomic E-state index is 12.6. The number of nitrogens with zero attached hydrogens (tertiary/aromatic N) is 1. The van der Waals surface area contributed by atoms with Crippen LogP contribution < -0.4 is 5.32 Å². The summed E-state index contributed by atoms with van der Waals surface area (Å²) in [7, 11) is 0. The quantitative estimate of drug-likeness (QED) is 0.527. The Morgan fingerprint density at radius 3 is 2.18 bits per heavy atom. The van der Waals surface area contributed by atoms with Gasteiger partial charge in [0.25, 0.3) is 0 Å². The van der Waals surface area contributed by atoms with Crippen LogP contribution in [0.15, 0.2) is 48.5 Å². The third-order valence-corrected chi connectivity index (χ3v) is 6.05. The Bertz CT molecular complexity index is 945. The molecule has 0 radical (unpaired) electrons. The summed E-state index contributed by atoms with van der Waals surface area (Å²) in [4.78, 5) is 37.5. The lowest BCUT2D eigenvalue weighted by atomic mass is 9.98. The maximum Gasteiger partial charge on any atom is 0.407 e. The molecule has 7 nitrogen and oxygen atoms in total. The van der Waals surface area contributed by atoms with Gasteiger partial charge in [-0.05, 0) is 35.6 Å². The van der Waals surface area contributed by atoms with Gasteiger partial charge in [0.1, 0.15) is 13.2 Å². The van der Waals surface area contributed by atoms with Crippen molar-refractivity contribution in [1.82, 2.24) is 10.2 Å². The molecule has 0 heterocycles. The minimum atomic E-state index is -1.06. The lowest BCUT2D eigenvalue weighted by Gasteiger charge is -2.23.